The summed E-state index contributed by atoms with van der Waals surface area (Å²) in [5, 5.41) is 8.08. The van der Waals surface area contributed by atoms with Crippen molar-refractivity contribution in [1.82, 2.24) is 20.4 Å². The molecule has 260 valence electrons. The van der Waals surface area contributed by atoms with Gasteiger partial charge in [-0.3, -0.25) is 14.6 Å². The highest BCUT2D eigenvalue weighted by atomic mass is 19.4. The molecule has 4 aliphatic heterocycles. The van der Waals surface area contributed by atoms with Crippen molar-refractivity contribution in [1.29, 1.82) is 0 Å². The van der Waals surface area contributed by atoms with Crippen LogP contribution in [0.3, 0.4) is 0 Å². The van der Waals surface area contributed by atoms with E-state index in [9.17, 15) is 18.0 Å². The number of ketones is 1. The SMILES string of the molecule is O=C(C1CCC(C2CCC(N3CC(C4CNC5C(C4)C4CCCCC4N5C4CCCCC4)C4CNCCC43)CC2)CC1)C(F)(F)F. The smallest absolute Gasteiger partial charge is 0.316 e. The largest absolute Gasteiger partial charge is 0.450 e. The zero-order valence-corrected chi connectivity index (χ0v) is 28.2. The van der Waals surface area contributed by atoms with Crippen LogP contribution >= 0.6 is 0 Å². The second-order valence-corrected chi connectivity index (χ2v) is 17.4. The van der Waals surface area contributed by atoms with Gasteiger partial charge in [0.25, 0.3) is 0 Å². The first kappa shape index (κ1) is 32.5. The Morgan fingerprint density at radius 2 is 1.30 bits per heavy atom. The van der Waals surface area contributed by atoms with Crippen molar-refractivity contribution >= 4 is 5.78 Å². The van der Waals surface area contributed by atoms with Crippen LogP contribution in [0.5, 0.6) is 0 Å². The predicted octanol–water partition coefficient (Wildman–Crippen LogP) is 7.15. The molecule has 8 unspecified atom stereocenters. The van der Waals surface area contributed by atoms with Crippen molar-refractivity contribution in [2.75, 3.05) is 26.2 Å². The maximum absolute atomic E-state index is 13.0. The number of piperidine rings is 2. The molecule has 8 fully saturated rings. The van der Waals surface area contributed by atoms with Gasteiger partial charge in [-0.15, -0.1) is 0 Å². The third-order valence-electron chi connectivity index (χ3n) is 15.4. The lowest BCUT2D eigenvalue weighted by Crippen LogP contribution is -2.57. The Labute approximate surface area is 275 Å². The maximum atomic E-state index is 13.0. The third kappa shape index (κ3) is 6.14. The summed E-state index contributed by atoms with van der Waals surface area (Å²) in [5.41, 5.74) is 0. The Kier molecular flexibility index (Phi) is 9.57. The van der Waals surface area contributed by atoms with Gasteiger partial charge in [-0.25, -0.2) is 0 Å². The van der Waals surface area contributed by atoms with Crippen LogP contribution in [0.4, 0.5) is 13.2 Å². The topological polar surface area (TPSA) is 47.6 Å². The van der Waals surface area contributed by atoms with E-state index < -0.39 is 17.9 Å². The molecule has 4 saturated heterocycles. The highest BCUT2D eigenvalue weighted by Gasteiger charge is 2.56. The van der Waals surface area contributed by atoms with Crippen molar-refractivity contribution < 1.29 is 18.0 Å². The maximum Gasteiger partial charge on any atom is 0.450 e. The van der Waals surface area contributed by atoms with Gasteiger partial charge in [0.2, 0.25) is 5.78 Å². The lowest BCUT2D eigenvalue weighted by atomic mass is 9.69. The first-order valence-corrected chi connectivity index (χ1v) is 19.9. The molecule has 8 rings (SSSR count). The summed E-state index contributed by atoms with van der Waals surface area (Å²) in [7, 11) is 0. The zero-order valence-electron chi connectivity index (χ0n) is 28.2. The van der Waals surface area contributed by atoms with Gasteiger partial charge in [-0.1, -0.05) is 32.1 Å². The van der Waals surface area contributed by atoms with Crippen molar-refractivity contribution in [3.8, 4) is 0 Å². The van der Waals surface area contributed by atoms with Crippen molar-refractivity contribution in [3.63, 3.8) is 0 Å². The molecule has 4 heterocycles. The number of carbonyl (C=O) groups is 1. The molecular weight excluding hydrogens is 585 g/mol. The molecule has 0 aromatic heterocycles. The molecule has 5 nitrogen and oxygen atoms in total. The Balaban J connectivity index is 0.896. The van der Waals surface area contributed by atoms with Gasteiger partial charge < -0.3 is 10.6 Å². The summed E-state index contributed by atoms with van der Waals surface area (Å²) in [4.78, 5) is 17.9. The van der Waals surface area contributed by atoms with E-state index in [-0.39, 0.29) is 0 Å². The number of likely N-dealkylation sites (tertiary alicyclic amines) is 2. The number of carbonyl (C=O) groups excluding carboxylic acids is 1. The van der Waals surface area contributed by atoms with E-state index in [4.69, 9.17) is 0 Å². The summed E-state index contributed by atoms with van der Waals surface area (Å²) in [5.74, 6) is 2.98. The van der Waals surface area contributed by atoms with Gasteiger partial charge in [-0.05, 0) is 151 Å². The molecule has 0 amide bonds. The van der Waals surface area contributed by atoms with Crippen molar-refractivity contribution in [2.45, 2.75) is 159 Å². The van der Waals surface area contributed by atoms with Gasteiger partial charge >= 0.3 is 6.18 Å². The number of alkyl halides is 3. The fourth-order valence-electron chi connectivity index (χ4n) is 13.3. The minimum atomic E-state index is -4.67. The van der Waals surface area contributed by atoms with Crippen LogP contribution in [-0.2, 0) is 4.79 Å². The van der Waals surface area contributed by atoms with Gasteiger partial charge in [0, 0.05) is 36.6 Å². The second-order valence-electron chi connectivity index (χ2n) is 17.4. The van der Waals surface area contributed by atoms with E-state index in [1.807, 2.05) is 0 Å². The lowest BCUT2D eigenvalue weighted by molar-refractivity contribution is -0.177. The molecule has 4 saturated carbocycles. The number of fused-ring (bicyclic) bond motifs is 4. The van der Waals surface area contributed by atoms with Crippen molar-refractivity contribution in [2.24, 2.45) is 47.3 Å². The van der Waals surface area contributed by atoms with E-state index in [1.54, 1.807) is 0 Å². The molecule has 2 N–H and O–H groups in total. The number of halogens is 3. The van der Waals surface area contributed by atoms with Crippen molar-refractivity contribution in [3.05, 3.63) is 0 Å². The summed E-state index contributed by atoms with van der Waals surface area (Å²) in [6.45, 7) is 4.82. The van der Waals surface area contributed by atoms with E-state index >= 15 is 0 Å². The first-order valence-electron chi connectivity index (χ1n) is 19.9. The number of hydrogen-bond acceptors (Lipinski definition) is 5. The van der Waals surface area contributed by atoms with Crippen LogP contribution in [0, 0.1) is 47.3 Å². The van der Waals surface area contributed by atoms with Crippen LogP contribution in [-0.4, -0.2) is 78.3 Å². The second kappa shape index (κ2) is 13.5. The number of rotatable bonds is 5. The van der Waals surface area contributed by atoms with Gasteiger partial charge in [0.05, 0.1) is 6.17 Å². The Morgan fingerprint density at radius 1 is 0.609 bits per heavy atom. The van der Waals surface area contributed by atoms with Gasteiger partial charge in [0.15, 0.2) is 0 Å². The average molecular weight is 647 g/mol. The first-order chi connectivity index (χ1) is 22.4. The van der Waals surface area contributed by atoms with Crippen LogP contribution in [0.2, 0.25) is 0 Å². The molecule has 0 bridgehead atoms. The minimum absolute atomic E-state index is 0.435. The fourth-order valence-corrected chi connectivity index (χ4v) is 13.3. The number of Topliss-reactive ketones (excluding diaryl/α,β-unsaturated/α-hetero) is 1. The quantitative estimate of drug-likeness (QED) is 0.332. The molecule has 8 atom stereocenters. The number of nitrogens with zero attached hydrogens (tertiary/aromatic N) is 2. The summed E-state index contributed by atoms with van der Waals surface area (Å²) < 4.78 is 39.0. The Morgan fingerprint density at radius 3 is 2.04 bits per heavy atom. The summed E-state index contributed by atoms with van der Waals surface area (Å²) in [6, 6.07) is 3.05. The molecule has 0 aromatic rings. The van der Waals surface area contributed by atoms with E-state index in [1.165, 1.54) is 116 Å². The monoisotopic (exact) mass is 646 g/mol. The third-order valence-corrected chi connectivity index (χ3v) is 15.4. The predicted molar refractivity (Wildman–Crippen MR) is 175 cm³/mol. The molecule has 0 spiro atoms. The highest BCUT2D eigenvalue weighted by molar-refractivity contribution is 5.86. The average Bonchev–Trinajstić information content (AvgIpc) is 3.64. The lowest BCUT2D eigenvalue weighted by Gasteiger charge is -2.44. The van der Waals surface area contributed by atoms with E-state index in [0.29, 0.717) is 36.9 Å². The number of nitrogens with one attached hydrogen (secondary N) is 2. The standard InChI is InChI=1S/C38H61F3N4O/c39-38(40,41)36(46)26-12-10-24(11-13-26)25-14-16-28(17-15-25)44-23-33(32-22-42-19-18-34(32)44)27-20-31-30-8-4-5-9-35(30)45(37(31)43-21-27)29-6-2-1-3-7-29/h24-35,37,42-43H,1-23H2. The Bertz CT molecular complexity index is 1050. The molecule has 46 heavy (non-hydrogen) atoms. The molecule has 4 aliphatic carbocycles. The van der Waals surface area contributed by atoms with Crippen LogP contribution < -0.4 is 10.6 Å². The Hall–Kier alpha value is -0.700. The number of hydrogen-bond donors (Lipinski definition) is 2. The summed E-state index contributed by atoms with van der Waals surface area (Å²) in [6.07, 6.45) is 19.0. The summed E-state index contributed by atoms with van der Waals surface area (Å²) >= 11 is 0. The van der Waals surface area contributed by atoms with Crippen LogP contribution in [0.25, 0.3) is 0 Å². The molecule has 0 aromatic carbocycles. The van der Waals surface area contributed by atoms with E-state index in [0.717, 1.165) is 67.1 Å². The van der Waals surface area contributed by atoms with Crippen LogP contribution in [0.1, 0.15) is 122 Å². The normalized spacial score (nSPS) is 46.4. The van der Waals surface area contributed by atoms with Crippen LogP contribution in [0.15, 0.2) is 0 Å². The van der Waals surface area contributed by atoms with Gasteiger partial charge in [-0.2, -0.15) is 13.2 Å². The minimum Gasteiger partial charge on any atom is -0.316 e. The molecular formula is C38H61F3N4O. The molecule has 0 radical (unpaired) electrons. The molecule has 8 heteroatoms. The van der Waals surface area contributed by atoms with Gasteiger partial charge in [0.1, 0.15) is 0 Å². The van der Waals surface area contributed by atoms with E-state index in [2.05, 4.69) is 20.4 Å². The fraction of sp³-hybridized carbons (Fsp3) is 0.974. The highest BCUT2D eigenvalue weighted by Crippen LogP contribution is 2.52. The zero-order chi connectivity index (χ0) is 31.4. The molecule has 8 aliphatic rings.